The van der Waals surface area contributed by atoms with E-state index < -0.39 is 0 Å². The Hall–Kier alpha value is -2.42. The minimum absolute atomic E-state index is 0.169. The average molecular weight is 234 g/mol. The average Bonchev–Trinajstić information content (AvgIpc) is 2.76. The molecule has 3 aromatic rings. The lowest BCUT2D eigenvalue weighted by molar-refractivity contribution is 0.0994. The summed E-state index contributed by atoms with van der Waals surface area (Å²) in [5.41, 5.74) is 3.53. The van der Waals surface area contributed by atoms with Gasteiger partial charge in [0.25, 0.3) is 0 Å². The van der Waals surface area contributed by atoms with Crippen LogP contribution in [0.4, 0.5) is 0 Å². The number of carbonyl (C=O) groups excluding carboxylic acids is 1. The van der Waals surface area contributed by atoms with Crippen LogP contribution >= 0.6 is 0 Å². The van der Waals surface area contributed by atoms with E-state index >= 15 is 0 Å². The second-order valence-electron chi connectivity index (χ2n) is 4.52. The Morgan fingerprint density at radius 2 is 2.06 bits per heavy atom. The van der Waals surface area contributed by atoms with E-state index in [1.165, 1.54) is 0 Å². The second-order valence-corrected chi connectivity index (χ2v) is 4.52. The van der Waals surface area contributed by atoms with Crippen molar-refractivity contribution in [2.24, 2.45) is 0 Å². The highest BCUT2D eigenvalue weighted by molar-refractivity contribution is 6.05. The van der Waals surface area contributed by atoms with Crippen LogP contribution in [0.5, 0.6) is 0 Å². The number of carbonyl (C=O) groups is 1. The Kier molecular flexibility index (Phi) is 1.75. The summed E-state index contributed by atoms with van der Waals surface area (Å²) in [7, 11) is 0. The number of fused-ring (bicyclic) bond motifs is 4. The van der Waals surface area contributed by atoms with Crippen molar-refractivity contribution < 1.29 is 4.79 Å². The van der Waals surface area contributed by atoms with Gasteiger partial charge >= 0.3 is 0 Å². The summed E-state index contributed by atoms with van der Waals surface area (Å²) >= 11 is 0. The smallest absolute Gasteiger partial charge is 0.168 e. The number of benzene rings is 1. The highest BCUT2D eigenvalue weighted by Crippen LogP contribution is 2.26. The normalized spacial score (nSPS) is 14.3. The summed E-state index contributed by atoms with van der Waals surface area (Å²) in [4.78, 5) is 16.5. The van der Waals surface area contributed by atoms with E-state index in [9.17, 15) is 4.79 Å². The van der Waals surface area contributed by atoms with Gasteiger partial charge in [-0.15, -0.1) is 0 Å². The number of aromatic nitrogens is 2. The maximum atomic E-state index is 11.9. The van der Waals surface area contributed by atoms with Crippen molar-refractivity contribution >= 4 is 28.4 Å². The molecule has 2 heterocycles. The number of rotatable bonds is 0. The maximum absolute atomic E-state index is 11.9. The lowest BCUT2D eigenvalue weighted by Crippen LogP contribution is -2.00. The van der Waals surface area contributed by atoms with Crippen LogP contribution in [-0.2, 0) is 0 Å². The molecule has 3 nitrogen and oxygen atoms in total. The molecule has 0 bridgehead atoms. The molecular formula is C15H10N2O. The van der Waals surface area contributed by atoms with Crippen molar-refractivity contribution in [2.75, 3.05) is 0 Å². The zero-order chi connectivity index (χ0) is 12.1. The van der Waals surface area contributed by atoms with Gasteiger partial charge in [-0.25, -0.2) is 4.98 Å². The number of ketones is 1. The molecule has 18 heavy (non-hydrogen) atoms. The second kappa shape index (κ2) is 3.29. The van der Waals surface area contributed by atoms with Gasteiger partial charge < -0.3 is 4.40 Å². The van der Waals surface area contributed by atoms with Crippen LogP contribution in [0.1, 0.15) is 22.3 Å². The monoisotopic (exact) mass is 234 g/mol. The summed E-state index contributed by atoms with van der Waals surface area (Å²) in [5, 5.41) is 1.08. The molecule has 0 fully saturated rings. The van der Waals surface area contributed by atoms with Crippen LogP contribution in [0.3, 0.4) is 0 Å². The van der Waals surface area contributed by atoms with E-state index in [4.69, 9.17) is 0 Å². The Morgan fingerprint density at radius 1 is 1.17 bits per heavy atom. The van der Waals surface area contributed by atoms with Crippen molar-refractivity contribution in [2.45, 2.75) is 6.42 Å². The molecule has 0 N–H and O–H groups in total. The molecule has 0 unspecified atom stereocenters. The van der Waals surface area contributed by atoms with Gasteiger partial charge in [-0.1, -0.05) is 30.4 Å². The van der Waals surface area contributed by atoms with Gasteiger partial charge in [-0.3, -0.25) is 4.79 Å². The molecule has 1 aromatic carbocycles. The van der Waals surface area contributed by atoms with Crippen LogP contribution in [0.25, 0.3) is 22.6 Å². The van der Waals surface area contributed by atoms with Crippen molar-refractivity contribution in [3.63, 3.8) is 0 Å². The predicted octanol–water partition coefficient (Wildman–Crippen LogP) is 3.09. The van der Waals surface area contributed by atoms with Gasteiger partial charge in [0.15, 0.2) is 5.78 Å². The number of allylic oxidation sites excluding steroid dienone is 1. The highest BCUT2D eigenvalue weighted by Gasteiger charge is 2.18. The minimum Gasteiger partial charge on any atom is -0.307 e. The minimum atomic E-state index is 0.169. The van der Waals surface area contributed by atoms with Crippen LogP contribution < -0.4 is 0 Å². The van der Waals surface area contributed by atoms with E-state index in [1.807, 2.05) is 53.2 Å². The Morgan fingerprint density at radius 3 is 3.00 bits per heavy atom. The molecular weight excluding hydrogens is 224 g/mol. The van der Waals surface area contributed by atoms with Crippen LogP contribution in [-0.4, -0.2) is 15.2 Å². The molecule has 1 aliphatic carbocycles. The van der Waals surface area contributed by atoms with Gasteiger partial charge in [0.2, 0.25) is 0 Å². The lowest BCUT2D eigenvalue weighted by Gasteiger charge is -2.03. The van der Waals surface area contributed by atoms with Crippen molar-refractivity contribution in [3.05, 3.63) is 53.9 Å². The van der Waals surface area contributed by atoms with Gasteiger partial charge in [0, 0.05) is 35.3 Å². The number of para-hydroxylation sites is 1. The predicted molar refractivity (Wildman–Crippen MR) is 70.7 cm³/mol. The summed E-state index contributed by atoms with van der Waals surface area (Å²) in [6, 6.07) is 7.98. The Balaban J connectivity index is 2.17. The molecule has 0 saturated carbocycles. The SMILES string of the molecule is O=C1CC=Cc2c1cn1cc3ccccc3nc21. The number of nitrogens with zero attached hydrogens (tertiary/aromatic N) is 2. The fourth-order valence-corrected chi connectivity index (χ4v) is 2.49. The molecule has 3 heteroatoms. The first kappa shape index (κ1) is 9.59. The van der Waals surface area contributed by atoms with Gasteiger partial charge in [-0.2, -0.15) is 0 Å². The summed E-state index contributed by atoms with van der Waals surface area (Å²) in [5.74, 6) is 0.169. The van der Waals surface area contributed by atoms with Gasteiger partial charge in [-0.05, 0) is 6.07 Å². The molecule has 0 amide bonds. The largest absolute Gasteiger partial charge is 0.307 e. The molecule has 0 saturated heterocycles. The third-order valence-corrected chi connectivity index (χ3v) is 3.37. The van der Waals surface area contributed by atoms with E-state index in [1.54, 1.807) is 0 Å². The standard InChI is InChI=1S/C15H10N2O/c18-14-7-3-5-11-12(14)9-17-8-10-4-1-2-6-13(10)16-15(11)17/h1-6,8-9H,7H2. The molecule has 0 radical (unpaired) electrons. The zero-order valence-corrected chi connectivity index (χ0v) is 9.63. The maximum Gasteiger partial charge on any atom is 0.168 e. The van der Waals surface area contributed by atoms with Gasteiger partial charge in [0.05, 0.1) is 5.52 Å². The Labute approximate surface area is 103 Å². The molecule has 0 atom stereocenters. The number of hydrogen-bond acceptors (Lipinski definition) is 2. The Bertz CT molecular complexity index is 827. The molecule has 1 aliphatic rings. The van der Waals surface area contributed by atoms with Gasteiger partial charge in [0.1, 0.15) is 5.65 Å². The fraction of sp³-hybridized carbons (Fsp3) is 0.0667. The molecule has 4 rings (SSSR count). The highest BCUT2D eigenvalue weighted by atomic mass is 16.1. The van der Waals surface area contributed by atoms with E-state index in [2.05, 4.69) is 4.98 Å². The summed E-state index contributed by atoms with van der Waals surface area (Å²) in [6.45, 7) is 0. The quantitative estimate of drug-likeness (QED) is 0.599. The van der Waals surface area contributed by atoms with E-state index in [0.29, 0.717) is 6.42 Å². The molecule has 0 spiro atoms. The van der Waals surface area contributed by atoms with E-state index in [0.717, 1.165) is 27.7 Å². The third-order valence-electron chi connectivity index (χ3n) is 3.37. The molecule has 86 valence electrons. The number of hydrogen-bond donors (Lipinski definition) is 0. The fourth-order valence-electron chi connectivity index (χ4n) is 2.49. The number of Topliss-reactive ketones (excluding diaryl/α,β-unsaturated/α-hetero) is 1. The first-order chi connectivity index (χ1) is 8.83. The first-order valence-corrected chi connectivity index (χ1v) is 5.93. The van der Waals surface area contributed by atoms with Crippen molar-refractivity contribution in [3.8, 4) is 0 Å². The van der Waals surface area contributed by atoms with Crippen LogP contribution in [0.2, 0.25) is 0 Å². The molecule has 2 aromatic heterocycles. The van der Waals surface area contributed by atoms with Crippen molar-refractivity contribution in [1.29, 1.82) is 0 Å². The first-order valence-electron chi connectivity index (χ1n) is 5.93. The summed E-state index contributed by atoms with van der Waals surface area (Å²) < 4.78 is 1.94. The zero-order valence-electron chi connectivity index (χ0n) is 9.63. The van der Waals surface area contributed by atoms with Crippen LogP contribution in [0, 0.1) is 0 Å². The molecule has 0 aliphatic heterocycles. The third kappa shape index (κ3) is 1.19. The van der Waals surface area contributed by atoms with Crippen molar-refractivity contribution in [1.82, 2.24) is 9.38 Å². The van der Waals surface area contributed by atoms with Crippen LogP contribution in [0.15, 0.2) is 42.7 Å². The lowest BCUT2D eigenvalue weighted by atomic mass is 10.0. The van der Waals surface area contributed by atoms with E-state index in [-0.39, 0.29) is 5.78 Å². The summed E-state index contributed by atoms with van der Waals surface area (Å²) in [6.07, 6.45) is 8.30. The topological polar surface area (TPSA) is 34.4 Å².